The number of amides is 1. The highest BCUT2D eigenvalue weighted by atomic mass is 32.2. The summed E-state index contributed by atoms with van der Waals surface area (Å²) in [6, 6.07) is 15.0. The number of aliphatic imine (C=N–C) groups is 1. The van der Waals surface area contributed by atoms with E-state index in [0.717, 1.165) is 22.2 Å². The minimum atomic E-state index is -0.636. The van der Waals surface area contributed by atoms with Gasteiger partial charge in [0.25, 0.3) is 0 Å². The predicted molar refractivity (Wildman–Crippen MR) is 156 cm³/mol. The molecule has 9 heteroatoms. The van der Waals surface area contributed by atoms with Gasteiger partial charge in [-0.1, -0.05) is 30.0 Å². The number of hydrogen-bond acceptors (Lipinski definition) is 7. The highest BCUT2D eigenvalue weighted by Gasteiger charge is 2.33. The fourth-order valence-corrected chi connectivity index (χ4v) is 5.40. The summed E-state index contributed by atoms with van der Waals surface area (Å²) in [6.45, 7) is 9.78. The lowest BCUT2D eigenvalue weighted by Crippen LogP contribution is -2.33. The molecule has 0 bridgehead atoms. The molecule has 1 aliphatic heterocycles. The smallest absolute Gasteiger partial charge is 0.344 e. The lowest BCUT2D eigenvalue weighted by Gasteiger charge is -2.19. The van der Waals surface area contributed by atoms with E-state index in [4.69, 9.17) is 9.47 Å². The summed E-state index contributed by atoms with van der Waals surface area (Å²) in [5.74, 6) is -0.0599. The number of benzene rings is 2. The third-order valence-corrected chi connectivity index (χ3v) is 7.30. The summed E-state index contributed by atoms with van der Waals surface area (Å²) in [5.41, 5.74) is 2.37. The Kier molecular flexibility index (Phi) is 9.14. The summed E-state index contributed by atoms with van der Waals surface area (Å²) in [6.07, 6.45) is 3.72. The number of carbonyl (C=O) groups excluding carboxylic acids is 2. The van der Waals surface area contributed by atoms with Crippen LogP contribution in [0.3, 0.4) is 0 Å². The maximum absolute atomic E-state index is 12.8. The van der Waals surface area contributed by atoms with E-state index >= 15 is 0 Å². The SMILES string of the molecule is CCOC(=O)C1=C(O)/C(=C/c2cn(CC(=O)N(CC)CC)c3ccccc23)SC1=Nc1ccc(OCC)cc1. The molecule has 2 aromatic carbocycles. The minimum absolute atomic E-state index is 0.0300. The lowest BCUT2D eigenvalue weighted by atomic mass is 10.1. The van der Waals surface area contributed by atoms with Crippen molar-refractivity contribution in [2.45, 2.75) is 34.2 Å². The highest BCUT2D eigenvalue weighted by molar-refractivity contribution is 8.18. The quantitative estimate of drug-likeness (QED) is 0.308. The zero-order valence-corrected chi connectivity index (χ0v) is 23.5. The van der Waals surface area contributed by atoms with Crippen LogP contribution in [0.2, 0.25) is 0 Å². The number of aliphatic hydroxyl groups is 1. The molecule has 0 saturated carbocycles. The largest absolute Gasteiger partial charge is 0.506 e. The molecule has 8 nitrogen and oxygen atoms in total. The molecule has 0 spiro atoms. The molecule has 0 aliphatic carbocycles. The standard InChI is InChI=1S/C30H33N3O5S/c1-5-32(6-2)26(34)19-33-18-20(23-11-9-10-12-24(23)33)17-25-28(35)27(30(36)38-8-4)29(39-25)31-21-13-15-22(16-14-21)37-7-3/h9-18,35H,5-8,19H2,1-4H3/b25-17-,31-29?. The van der Waals surface area contributed by atoms with Gasteiger partial charge in [0.1, 0.15) is 28.7 Å². The monoisotopic (exact) mass is 547 g/mol. The van der Waals surface area contributed by atoms with E-state index in [-0.39, 0.29) is 30.4 Å². The second-order valence-corrected chi connectivity index (χ2v) is 9.72. The number of aliphatic hydroxyl groups excluding tert-OH is 1. The van der Waals surface area contributed by atoms with Crippen LogP contribution in [-0.4, -0.2) is 57.8 Å². The lowest BCUT2D eigenvalue weighted by molar-refractivity contribution is -0.138. The Bertz CT molecular complexity index is 1450. The van der Waals surface area contributed by atoms with Gasteiger partial charge in [0.15, 0.2) is 0 Å². The van der Waals surface area contributed by atoms with Crippen molar-refractivity contribution in [1.82, 2.24) is 9.47 Å². The normalized spacial score (nSPS) is 15.4. The maximum Gasteiger partial charge on any atom is 0.344 e. The number of ether oxygens (including phenoxy) is 2. The van der Waals surface area contributed by atoms with E-state index in [9.17, 15) is 14.7 Å². The van der Waals surface area contributed by atoms with Crippen LogP contribution in [0.25, 0.3) is 17.0 Å². The predicted octanol–water partition coefficient (Wildman–Crippen LogP) is 6.10. The third kappa shape index (κ3) is 6.20. The first-order chi connectivity index (χ1) is 18.9. The number of thioether (sulfide) groups is 1. The van der Waals surface area contributed by atoms with Crippen molar-refractivity contribution in [1.29, 1.82) is 0 Å². The van der Waals surface area contributed by atoms with Crippen LogP contribution in [0.1, 0.15) is 33.3 Å². The van der Waals surface area contributed by atoms with Gasteiger partial charge in [0, 0.05) is 35.8 Å². The van der Waals surface area contributed by atoms with Gasteiger partial charge in [-0.25, -0.2) is 9.79 Å². The van der Waals surface area contributed by atoms with Crippen LogP contribution in [0, 0.1) is 0 Å². The molecular formula is C30H33N3O5S. The first-order valence-electron chi connectivity index (χ1n) is 13.1. The molecule has 1 amide bonds. The summed E-state index contributed by atoms with van der Waals surface area (Å²) in [5, 5.41) is 12.4. The molecule has 1 aromatic heterocycles. The third-order valence-electron chi connectivity index (χ3n) is 6.28. The van der Waals surface area contributed by atoms with Gasteiger partial charge in [0.2, 0.25) is 5.91 Å². The molecule has 0 radical (unpaired) electrons. The van der Waals surface area contributed by atoms with Crippen LogP contribution in [-0.2, 0) is 20.9 Å². The van der Waals surface area contributed by atoms with E-state index < -0.39 is 5.97 Å². The van der Waals surface area contributed by atoms with Crippen molar-refractivity contribution in [3.8, 4) is 5.75 Å². The van der Waals surface area contributed by atoms with Gasteiger partial charge in [-0.2, -0.15) is 0 Å². The Morgan fingerprint density at radius 2 is 1.74 bits per heavy atom. The zero-order valence-electron chi connectivity index (χ0n) is 22.6. The van der Waals surface area contributed by atoms with Crippen LogP contribution in [0.4, 0.5) is 5.69 Å². The molecular weight excluding hydrogens is 514 g/mol. The van der Waals surface area contributed by atoms with Crippen LogP contribution in [0.15, 0.2) is 76.0 Å². The summed E-state index contributed by atoms with van der Waals surface area (Å²) in [7, 11) is 0. The second kappa shape index (κ2) is 12.7. The molecule has 0 fully saturated rings. The van der Waals surface area contributed by atoms with Crippen molar-refractivity contribution >= 4 is 51.3 Å². The number of fused-ring (bicyclic) bond motifs is 1. The van der Waals surface area contributed by atoms with E-state index in [1.165, 1.54) is 11.8 Å². The van der Waals surface area contributed by atoms with E-state index in [0.29, 0.717) is 35.3 Å². The fraction of sp³-hybridized carbons (Fsp3) is 0.300. The van der Waals surface area contributed by atoms with Crippen LogP contribution >= 0.6 is 11.8 Å². The molecule has 4 rings (SSSR count). The molecule has 1 N–H and O–H groups in total. The van der Waals surface area contributed by atoms with Crippen molar-refractivity contribution in [3.05, 3.63) is 76.5 Å². The molecule has 3 aromatic rings. The van der Waals surface area contributed by atoms with Crippen molar-refractivity contribution in [2.75, 3.05) is 26.3 Å². The zero-order chi connectivity index (χ0) is 27.9. The Morgan fingerprint density at radius 1 is 1.03 bits per heavy atom. The van der Waals surface area contributed by atoms with Crippen LogP contribution in [0.5, 0.6) is 5.75 Å². The number of nitrogens with zero attached hydrogens (tertiary/aromatic N) is 3. The summed E-state index contributed by atoms with van der Waals surface area (Å²) < 4.78 is 12.6. The molecule has 0 saturated heterocycles. The Morgan fingerprint density at radius 3 is 2.41 bits per heavy atom. The average molecular weight is 548 g/mol. The van der Waals surface area contributed by atoms with Gasteiger partial charge >= 0.3 is 5.97 Å². The molecule has 2 heterocycles. The number of likely N-dealkylation sites (N-methyl/N-ethyl adjacent to an activating group) is 1. The average Bonchev–Trinajstić information content (AvgIpc) is 3.43. The van der Waals surface area contributed by atoms with Gasteiger partial charge < -0.3 is 24.0 Å². The molecule has 1 aliphatic rings. The number of rotatable bonds is 10. The van der Waals surface area contributed by atoms with Gasteiger partial charge in [0.05, 0.1) is 23.8 Å². The first kappa shape index (κ1) is 28.0. The second-order valence-electron chi connectivity index (χ2n) is 8.69. The summed E-state index contributed by atoms with van der Waals surface area (Å²) >= 11 is 1.20. The van der Waals surface area contributed by atoms with Crippen molar-refractivity contribution < 1.29 is 24.2 Å². The number of carbonyl (C=O) groups is 2. The number of hydrogen-bond donors (Lipinski definition) is 1. The minimum Gasteiger partial charge on any atom is -0.506 e. The van der Waals surface area contributed by atoms with E-state index in [1.54, 1.807) is 36.1 Å². The Hall–Kier alpha value is -3.98. The van der Waals surface area contributed by atoms with Gasteiger partial charge in [-0.05, 0) is 64.1 Å². The number of esters is 1. The fourth-order valence-electron chi connectivity index (χ4n) is 4.38. The molecule has 204 valence electrons. The van der Waals surface area contributed by atoms with Crippen molar-refractivity contribution in [3.63, 3.8) is 0 Å². The Labute approximate surface area is 232 Å². The van der Waals surface area contributed by atoms with Gasteiger partial charge in [-0.3, -0.25) is 4.79 Å². The van der Waals surface area contributed by atoms with Crippen LogP contribution < -0.4 is 4.74 Å². The Balaban J connectivity index is 1.73. The van der Waals surface area contributed by atoms with Crippen molar-refractivity contribution in [2.24, 2.45) is 4.99 Å². The number of aromatic nitrogens is 1. The first-order valence-corrected chi connectivity index (χ1v) is 13.9. The maximum atomic E-state index is 12.8. The van der Waals surface area contributed by atoms with Gasteiger partial charge in [-0.15, -0.1) is 0 Å². The molecule has 0 unspecified atom stereocenters. The topological polar surface area (TPSA) is 93.4 Å². The highest BCUT2D eigenvalue weighted by Crippen LogP contribution is 2.41. The summed E-state index contributed by atoms with van der Waals surface area (Å²) in [4.78, 5) is 32.6. The van der Waals surface area contributed by atoms with E-state index in [2.05, 4.69) is 4.99 Å². The molecule has 39 heavy (non-hydrogen) atoms. The molecule has 0 atom stereocenters. The van der Waals surface area contributed by atoms with E-state index in [1.807, 2.05) is 61.9 Å². The number of para-hydroxylation sites is 1.